The SMILES string of the molecule is CC(CCC(=O)O)[C@H]1CCC2C3CCC4CC(NC(=O)CCC(COO)N(CCN(CC(O)O)CC(O)O)CC(=O)O)CC[C@]4(C)C3CC(=O)[C@@]21C. The van der Waals surface area contributed by atoms with Gasteiger partial charge in [0.25, 0.3) is 0 Å². The molecule has 10 atom stereocenters. The van der Waals surface area contributed by atoms with Gasteiger partial charge in [0.1, 0.15) is 5.78 Å². The summed E-state index contributed by atoms with van der Waals surface area (Å²) in [5, 5.41) is 68.8. The fraction of sp³-hybridized carbons (Fsp3) is 0.892. The van der Waals surface area contributed by atoms with Crippen LogP contribution in [0.3, 0.4) is 0 Å². The lowest BCUT2D eigenvalue weighted by atomic mass is 9.44. The molecule has 1 amide bonds. The van der Waals surface area contributed by atoms with Gasteiger partial charge in [0.15, 0.2) is 12.6 Å². The first-order valence-electron chi connectivity index (χ1n) is 19.2. The maximum absolute atomic E-state index is 14.1. The lowest BCUT2D eigenvalue weighted by Gasteiger charge is -2.60. The fourth-order valence-electron chi connectivity index (χ4n) is 11.2. The molecule has 7 unspecified atom stereocenters. The summed E-state index contributed by atoms with van der Waals surface area (Å²) in [6.45, 7) is 5.46. The molecule has 4 fully saturated rings. The molecule has 4 saturated carbocycles. The third-order valence-electron chi connectivity index (χ3n) is 13.8. The summed E-state index contributed by atoms with van der Waals surface area (Å²) in [4.78, 5) is 57.6. The van der Waals surface area contributed by atoms with Gasteiger partial charge in [0.05, 0.1) is 13.2 Å². The molecule has 0 aromatic heterocycles. The highest BCUT2D eigenvalue weighted by molar-refractivity contribution is 5.87. The van der Waals surface area contributed by atoms with E-state index in [4.69, 9.17) is 0 Å². The lowest BCUT2D eigenvalue weighted by molar-refractivity contribution is -0.252. The van der Waals surface area contributed by atoms with Crippen LogP contribution >= 0.6 is 0 Å². The van der Waals surface area contributed by atoms with Gasteiger partial charge in [-0.2, -0.15) is 0 Å². The number of Topliss-reactive ketones (excluding diaryl/α,β-unsaturated/α-hetero) is 1. The molecule has 0 spiro atoms. The Morgan fingerprint density at radius 1 is 0.904 bits per heavy atom. The van der Waals surface area contributed by atoms with Crippen molar-refractivity contribution in [1.29, 1.82) is 0 Å². The van der Waals surface area contributed by atoms with Crippen LogP contribution in [0.5, 0.6) is 0 Å². The van der Waals surface area contributed by atoms with Crippen LogP contribution in [0.4, 0.5) is 0 Å². The first-order valence-corrected chi connectivity index (χ1v) is 19.2. The summed E-state index contributed by atoms with van der Waals surface area (Å²) in [6.07, 6.45) is 4.69. The number of hydrogen-bond donors (Lipinski definition) is 8. The van der Waals surface area contributed by atoms with Crippen molar-refractivity contribution in [2.24, 2.45) is 46.3 Å². The third kappa shape index (κ3) is 10.1. The fourth-order valence-corrected chi connectivity index (χ4v) is 11.2. The molecule has 52 heavy (non-hydrogen) atoms. The molecule has 0 saturated heterocycles. The second kappa shape index (κ2) is 18.4. The van der Waals surface area contributed by atoms with Crippen LogP contribution in [0.2, 0.25) is 0 Å². The highest BCUT2D eigenvalue weighted by Gasteiger charge is 2.64. The minimum Gasteiger partial charge on any atom is -0.481 e. The summed E-state index contributed by atoms with van der Waals surface area (Å²) < 4.78 is 0. The van der Waals surface area contributed by atoms with Gasteiger partial charge < -0.3 is 36.0 Å². The van der Waals surface area contributed by atoms with Gasteiger partial charge in [0, 0.05) is 62.9 Å². The Hall–Kier alpha value is -2.24. The highest BCUT2D eigenvalue weighted by atomic mass is 17.1. The van der Waals surface area contributed by atoms with Crippen molar-refractivity contribution < 1.29 is 60.0 Å². The Kier molecular flexibility index (Phi) is 15.0. The number of carbonyl (C=O) groups excluding carboxylic acids is 2. The van der Waals surface area contributed by atoms with Crippen LogP contribution in [0.1, 0.15) is 97.8 Å². The molecule has 15 nitrogen and oxygen atoms in total. The molecular weight excluding hydrogens is 678 g/mol. The van der Waals surface area contributed by atoms with Crippen molar-refractivity contribution in [1.82, 2.24) is 15.1 Å². The van der Waals surface area contributed by atoms with E-state index < -0.39 is 42.5 Å². The normalized spacial score (nSPS) is 32.8. The van der Waals surface area contributed by atoms with Crippen LogP contribution < -0.4 is 5.32 Å². The molecule has 8 N–H and O–H groups in total. The zero-order valence-corrected chi connectivity index (χ0v) is 31.1. The number of aliphatic hydroxyl groups excluding tert-OH is 2. The van der Waals surface area contributed by atoms with E-state index in [-0.39, 0.29) is 81.2 Å². The topological polar surface area (TPSA) is 238 Å². The molecule has 0 radical (unpaired) electrons. The Balaban J connectivity index is 1.33. The summed E-state index contributed by atoms with van der Waals surface area (Å²) in [5.41, 5.74) is -0.392. The van der Waals surface area contributed by atoms with Crippen molar-refractivity contribution in [2.75, 3.05) is 39.3 Å². The van der Waals surface area contributed by atoms with Gasteiger partial charge in [-0.3, -0.25) is 34.2 Å². The van der Waals surface area contributed by atoms with E-state index in [9.17, 15) is 55.1 Å². The number of nitrogens with one attached hydrogen (secondary N) is 1. The van der Waals surface area contributed by atoms with Crippen LogP contribution in [-0.4, -0.2) is 133 Å². The largest absolute Gasteiger partial charge is 0.481 e. The maximum Gasteiger partial charge on any atom is 0.317 e. The molecule has 0 aliphatic heterocycles. The monoisotopic (exact) mass is 741 g/mol. The number of fused-ring (bicyclic) bond motifs is 5. The Morgan fingerprint density at radius 3 is 2.21 bits per heavy atom. The van der Waals surface area contributed by atoms with Crippen molar-refractivity contribution in [3.05, 3.63) is 0 Å². The van der Waals surface area contributed by atoms with Gasteiger partial charge >= 0.3 is 11.9 Å². The molecule has 0 aromatic rings. The van der Waals surface area contributed by atoms with Crippen LogP contribution in [0, 0.1) is 46.3 Å². The Labute approximate surface area is 306 Å². The van der Waals surface area contributed by atoms with E-state index in [0.29, 0.717) is 42.3 Å². The Morgan fingerprint density at radius 2 is 1.60 bits per heavy atom. The minimum atomic E-state index is -1.74. The average Bonchev–Trinajstić information content (AvgIpc) is 3.42. The maximum atomic E-state index is 14.1. The second-order valence-electron chi connectivity index (χ2n) is 16.8. The molecule has 4 aliphatic carbocycles. The van der Waals surface area contributed by atoms with Crippen LogP contribution in [0.15, 0.2) is 0 Å². The number of carboxylic acids is 2. The van der Waals surface area contributed by atoms with E-state index in [2.05, 4.69) is 31.0 Å². The molecule has 0 bridgehead atoms. The zero-order valence-electron chi connectivity index (χ0n) is 31.1. The van der Waals surface area contributed by atoms with Gasteiger partial charge in [-0.1, -0.05) is 20.8 Å². The summed E-state index contributed by atoms with van der Waals surface area (Å²) in [6, 6.07) is -0.690. The first-order chi connectivity index (χ1) is 24.5. The number of hydrogen-bond acceptors (Lipinski definition) is 12. The third-order valence-corrected chi connectivity index (χ3v) is 13.8. The highest BCUT2D eigenvalue weighted by Crippen LogP contribution is 2.67. The number of carboxylic acid groups (broad SMARTS) is 2. The van der Waals surface area contributed by atoms with E-state index in [1.165, 1.54) is 9.80 Å². The van der Waals surface area contributed by atoms with Crippen molar-refractivity contribution >= 4 is 23.6 Å². The van der Waals surface area contributed by atoms with Crippen LogP contribution in [-0.2, 0) is 24.1 Å². The molecule has 15 heteroatoms. The number of nitrogens with zero attached hydrogens (tertiary/aromatic N) is 2. The predicted octanol–water partition coefficient (Wildman–Crippen LogP) is 1.76. The van der Waals surface area contributed by atoms with Crippen molar-refractivity contribution in [3.8, 4) is 0 Å². The molecular formula is C37H63N3O12. The minimum absolute atomic E-state index is 0.00105. The van der Waals surface area contributed by atoms with Crippen molar-refractivity contribution in [2.45, 2.75) is 122 Å². The number of aliphatic carboxylic acids is 2. The van der Waals surface area contributed by atoms with E-state index >= 15 is 0 Å². The summed E-state index contributed by atoms with van der Waals surface area (Å²) in [7, 11) is 0. The number of rotatable bonds is 20. The summed E-state index contributed by atoms with van der Waals surface area (Å²) in [5.74, 6) is 0.107. The molecule has 0 heterocycles. The first kappa shape index (κ1) is 42.5. The van der Waals surface area contributed by atoms with Gasteiger partial charge in [-0.05, 0) is 98.7 Å². The number of ketones is 1. The second-order valence-corrected chi connectivity index (χ2v) is 16.8. The average molecular weight is 742 g/mol. The smallest absolute Gasteiger partial charge is 0.317 e. The summed E-state index contributed by atoms with van der Waals surface area (Å²) >= 11 is 0. The Bertz CT molecular complexity index is 1230. The zero-order chi connectivity index (χ0) is 38.4. The van der Waals surface area contributed by atoms with E-state index in [1.54, 1.807) is 0 Å². The molecule has 4 rings (SSSR count). The van der Waals surface area contributed by atoms with E-state index in [1.807, 2.05) is 0 Å². The molecule has 0 aromatic carbocycles. The van der Waals surface area contributed by atoms with Gasteiger partial charge in [-0.15, -0.1) is 0 Å². The van der Waals surface area contributed by atoms with Gasteiger partial charge in [-0.25, -0.2) is 4.89 Å². The van der Waals surface area contributed by atoms with E-state index in [0.717, 1.165) is 44.9 Å². The van der Waals surface area contributed by atoms with Gasteiger partial charge in [0.2, 0.25) is 5.91 Å². The number of carbonyl (C=O) groups is 4. The molecule has 298 valence electrons. The van der Waals surface area contributed by atoms with Crippen molar-refractivity contribution in [3.63, 3.8) is 0 Å². The predicted molar refractivity (Wildman–Crippen MR) is 187 cm³/mol. The quantitative estimate of drug-likeness (QED) is 0.0505. The standard InChI is InChI=1S/C37H63N3O12/c1-22(4-11-32(43)44)27-8-9-28-26-7-5-23-16-24(12-13-36(23,2)29(26)17-30(41)37(27,28)3)38-31(42)10-6-25(21-52-51)40(20-35(49)50)15-14-39(18-33(45)46)19-34(47)48/h22-29,33-34,45-48,51H,4-21H2,1-3H3,(H,38,42)(H,43,44)(H,49,50)/t22?,23?,24?,25?,26?,27-,28?,29?,36+,37-/m1/s1. The number of aliphatic hydroxyl groups is 4. The number of amides is 1. The lowest BCUT2D eigenvalue weighted by Crippen LogP contribution is -2.58. The molecule has 4 aliphatic rings. The van der Waals surface area contributed by atoms with Crippen LogP contribution in [0.25, 0.3) is 0 Å².